The van der Waals surface area contributed by atoms with E-state index in [1.54, 1.807) is 36.6 Å². The summed E-state index contributed by atoms with van der Waals surface area (Å²) in [5.74, 6) is 3.35. The topological polar surface area (TPSA) is 0 Å². The van der Waals surface area contributed by atoms with Gasteiger partial charge in [-0.15, -0.1) is 0 Å². The van der Waals surface area contributed by atoms with E-state index in [9.17, 15) is 0 Å². The molecule has 0 nitrogen and oxygen atoms in total. The number of hydrogen-bond acceptors (Lipinski definition) is 0. The maximum absolute atomic E-state index is 2.75. The summed E-state index contributed by atoms with van der Waals surface area (Å²) < 4.78 is 2.06. The van der Waals surface area contributed by atoms with E-state index < -0.39 is 22.8 Å². The first-order valence-electron chi connectivity index (χ1n) is 20.3. The van der Waals surface area contributed by atoms with Gasteiger partial charge < -0.3 is 24.8 Å². The van der Waals surface area contributed by atoms with E-state index in [0.29, 0.717) is 15.0 Å². The van der Waals surface area contributed by atoms with E-state index in [0.717, 1.165) is 17.8 Å². The monoisotopic (exact) mass is 829 g/mol. The molecule has 4 fully saturated rings. The van der Waals surface area contributed by atoms with Crippen molar-refractivity contribution in [3.05, 3.63) is 147 Å². The van der Waals surface area contributed by atoms with Crippen LogP contribution in [0.2, 0.25) is 0 Å². The molecule has 0 spiro atoms. The van der Waals surface area contributed by atoms with Gasteiger partial charge in [-0.05, 0) is 0 Å². The molecule has 4 aromatic rings. The van der Waals surface area contributed by atoms with Crippen molar-refractivity contribution in [1.82, 2.24) is 0 Å². The maximum Gasteiger partial charge on any atom is -1.00 e. The van der Waals surface area contributed by atoms with Crippen molar-refractivity contribution >= 4 is 8.78 Å². The number of hydrogen-bond donors (Lipinski definition) is 0. The number of benzene rings is 4. The van der Waals surface area contributed by atoms with Crippen molar-refractivity contribution in [1.29, 1.82) is 0 Å². The molecular weight excluding hydrogens is 775 g/mol. The summed E-state index contributed by atoms with van der Waals surface area (Å²) >= 11 is -1.22. The molecule has 2 unspecified atom stereocenters. The molecule has 0 aromatic heterocycles. The van der Waals surface area contributed by atoms with Crippen LogP contribution in [-0.2, 0) is 33.6 Å². The Morgan fingerprint density at radius 1 is 0.630 bits per heavy atom. The Hall–Kier alpha value is -2.31. The summed E-state index contributed by atoms with van der Waals surface area (Å²) in [6.07, 6.45) is 11.6. The molecule has 6 aliphatic carbocycles. The molecule has 10 rings (SSSR count). The summed E-state index contributed by atoms with van der Waals surface area (Å²) in [6.45, 7) is 19.5. The van der Waals surface area contributed by atoms with Crippen LogP contribution in [0, 0.1) is 29.1 Å². The Kier molecular flexibility index (Phi) is 10.8. The second-order valence-electron chi connectivity index (χ2n) is 19.6. The third-order valence-corrected chi connectivity index (χ3v) is 18.2. The van der Waals surface area contributed by atoms with Gasteiger partial charge in [-0.2, -0.15) is 0 Å². The molecule has 2 atom stereocenters. The Morgan fingerprint density at radius 3 is 1.69 bits per heavy atom. The first-order chi connectivity index (χ1) is 24.8. The van der Waals surface area contributed by atoms with Crippen LogP contribution in [0.5, 0.6) is 0 Å². The molecule has 54 heavy (non-hydrogen) atoms. The Morgan fingerprint density at radius 2 is 1.17 bits per heavy atom. The fraction of sp³-hybridized carbons (Fsp3) is 0.431. The predicted molar refractivity (Wildman–Crippen MR) is 218 cm³/mol. The molecule has 0 heterocycles. The van der Waals surface area contributed by atoms with E-state index in [4.69, 9.17) is 0 Å². The van der Waals surface area contributed by atoms with Crippen molar-refractivity contribution in [3.8, 4) is 11.1 Å². The molecule has 0 aliphatic heterocycles. The number of halogens is 2. The van der Waals surface area contributed by atoms with Crippen molar-refractivity contribution in [2.45, 2.75) is 108 Å². The van der Waals surface area contributed by atoms with Crippen LogP contribution in [0.3, 0.4) is 0 Å². The standard InChI is InChI=1S/C38H47.C13H10.2ClH.Zr/c1-22-11-33(38-19-24-12-25(20-38)14-26(13-24)21-38)23(2)35(22)32-18-31-28(17-34(32)37(6,7)8)15-27-16-29(36(3,4)5)9-10-30(27)31;1-3-7-12(8-4-1)11-13-9-5-2-6-10-13;;;/h9-11,15-18,22,24-26H,12-14,19-21H2,1-8H3;1-10H;2*1H;/q;;;;+2/p-2. The molecular formula is C51H57Cl2Zr. The third kappa shape index (κ3) is 6.79. The molecule has 4 bridgehead atoms. The van der Waals surface area contributed by atoms with Crippen LogP contribution >= 0.6 is 0 Å². The van der Waals surface area contributed by atoms with Gasteiger partial charge in [0.15, 0.2) is 0 Å². The zero-order valence-electron chi connectivity index (χ0n) is 33.6. The van der Waals surface area contributed by atoms with Crippen LogP contribution in [0.25, 0.3) is 16.7 Å². The van der Waals surface area contributed by atoms with Crippen molar-refractivity contribution in [2.75, 3.05) is 0 Å². The quantitative estimate of drug-likeness (QED) is 0.199. The molecule has 4 aromatic carbocycles. The summed E-state index contributed by atoms with van der Waals surface area (Å²) in [5.41, 5.74) is 19.0. The van der Waals surface area contributed by atoms with Gasteiger partial charge >= 0.3 is 327 Å². The third-order valence-electron chi connectivity index (χ3n) is 13.8. The normalized spacial score (nSPS) is 26.4. The first-order valence-corrected chi connectivity index (χ1v) is 23.0. The first kappa shape index (κ1) is 39.9. The largest absolute Gasteiger partial charge is 1.00 e. The van der Waals surface area contributed by atoms with Crippen molar-refractivity contribution < 1.29 is 47.6 Å². The molecule has 0 amide bonds. The second kappa shape index (κ2) is 14.6. The molecule has 3 heteroatoms. The Balaban J connectivity index is 0.00000225. The molecule has 0 radical (unpaired) electrons. The smallest absolute Gasteiger partial charge is 1.00 e. The van der Waals surface area contributed by atoms with Crippen LogP contribution in [0.4, 0.5) is 0 Å². The van der Waals surface area contributed by atoms with Crippen LogP contribution in [0.15, 0.2) is 108 Å². The summed E-state index contributed by atoms with van der Waals surface area (Å²) in [6, 6.07) is 35.6. The molecule has 0 saturated heterocycles. The van der Waals surface area contributed by atoms with Gasteiger partial charge in [-0.1, -0.05) is 0 Å². The zero-order chi connectivity index (χ0) is 36.2. The SMILES string of the molecule is CC1=C(c2cc3c(cc2C(C)(C)C)[CH]([Zr+2]=[C](c2ccccc2)c2ccccc2)c2cc(C(C)(C)C)ccc2-3)C(C)C=C1C12CC3CC(CC(C3)C1)C2.[Cl-].[Cl-]. The van der Waals surface area contributed by atoms with Gasteiger partial charge in [0.1, 0.15) is 0 Å². The maximum atomic E-state index is 2.75. The fourth-order valence-electron chi connectivity index (χ4n) is 11.9. The van der Waals surface area contributed by atoms with E-state index in [1.807, 2.05) is 0 Å². The minimum atomic E-state index is -1.22. The van der Waals surface area contributed by atoms with E-state index in [-0.39, 0.29) is 35.6 Å². The second-order valence-corrected chi connectivity index (χ2v) is 22.9. The van der Waals surface area contributed by atoms with Crippen LogP contribution < -0.4 is 24.8 Å². The number of rotatable bonds is 5. The average Bonchev–Trinajstić information content (AvgIpc) is 3.57. The van der Waals surface area contributed by atoms with Crippen LogP contribution in [0.1, 0.15) is 136 Å². The summed E-state index contributed by atoms with van der Waals surface area (Å²) in [4.78, 5) is 0. The summed E-state index contributed by atoms with van der Waals surface area (Å²) in [5, 5.41) is 0. The van der Waals surface area contributed by atoms with Gasteiger partial charge in [-0.25, -0.2) is 0 Å². The minimum Gasteiger partial charge on any atom is -1.00 e. The van der Waals surface area contributed by atoms with Gasteiger partial charge in [0.2, 0.25) is 0 Å². The van der Waals surface area contributed by atoms with Gasteiger partial charge in [0.25, 0.3) is 0 Å². The van der Waals surface area contributed by atoms with Crippen molar-refractivity contribution in [3.63, 3.8) is 0 Å². The van der Waals surface area contributed by atoms with Gasteiger partial charge in [0.05, 0.1) is 0 Å². The fourth-order valence-corrected chi connectivity index (χ4v) is 16.1. The average molecular weight is 832 g/mol. The van der Waals surface area contributed by atoms with Crippen LogP contribution in [-0.4, -0.2) is 3.21 Å². The predicted octanol–water partition coefficient (Wildman–Crippen LogP) is 7.28. The number of fused-ring (bicyclic) bond motifs is 3. The van der Waals surface area contributed by atoms with E-state index >= 15 is 0 Å². The van der Waals surface area contributed by atoms with Gasteiger partial charge in [-0.3, -0.25) is 0 Å². The number of allylic oxidation sites excluding steroid dienone is 4. The zero-order valence-corrected chi connectivity index (χ0v) is 37.6. The van der Waals surface area contributed by atoms with Crippen molar-refractivity contribution in [2.24, 2.45) is 29.1 Å². The Labute approximate surface area is 349 Å². The Bertz CT molecular complexity index is 2080. The van der Waals surface area contributed by atoms with E-state index in [1.165, 1.54) is 71.9 Å². The minimum absolute atomic E-state index is 0. The molecule has 6 aliphatic rings. The summed E-state index contributed by atoms with van der Waals surface area (Å²) in [7, 11) is 0. The molecule has 0 N–H and O–H groups in total. The van der Waals surface area contributed by atoms with E-state index in [2.05, 4.69) is 152 Å². The molecule has 4 saturated carbocycles. The van der Waals surface area contributed by atoms with Gasteiger partial charge in [0, 0.05) is 0 Å². The molecule has 279 valence electrons.